The molecule has 0 fully saturated rings. The maximum absolute atomic E-state index is 11.1. The summed E-state index contributed by atoms with van der Waals surface area (Å²) < 4.78 is 0. The van der Waals surface area contributed by atoms with Gasteiger partial charge in [-0.1, -0.05) is 0 Å². The number of hydrogen-bond donors (Lipinski definition) is 4. The third-order valence-corrected chi connectivity index (χ3v) is 3.78. The number of nitrogens with one attached hydrogen (secondary N) is 3. The van der Waals surface area contributed by atoms with Crippen molar-refractivity contribution in [1.82, 2.24) is 15.0 Å². The highest BCUT2D eigenvalue weighted by molar-refractivity contribution is 5.88. The fraction of sp³-hybridized carbons (Fsp3) is 0.200. The third kappa shape index (κ3) is 5.49. The SMILES string of the molecule is CC(=O)Nc1ccc(Nc2cc(-c3cccnc3)nc(NCCCO)n2)cc1. The largest absolute Gasteiger partial charge is 0.396 e. The molecule has 0 aliphatic rings. The van der Waals surface area contributed by atoms with E-state index >= 15 is 0 Å². The van der Waals surface area contributed by atoms with Crippen LogP contribution in [0.25, 0.3) is 11.3 Å². The van der Waals surface area contributed by atoms with E-state index < -0.39 is 0 Å². The Kier molecular flexibility index (Phi) is 6.48. The molecule has 3 rings (SSSR count). The Bertz CT molecular complexity index is 916. The summed E-state index contributed by atoms with van der Waals surface area (Å²) in [5, 5.41) is 18.1. The Labute approximate surface area is 163 Å². The minimum Gasteiger partial charge on any atom is -0.396 e. The van der Waals surface area contributed by atoms with Crippen LogP contribution in [0.3, 0.4) is 0 Å². The van der Waals surface area contributed by atoms with E-state index in [0.29, 0.717) is 24.7 Å². The number of hydrogen-bond acceptors (Lipinski definition) is 7. The van der Waals surface area contributed by atoms with E-state index in [4.69, 9.17) is 5.11 Å². The number of pyridine rings is 1. The molecular formula is C20H22N6O2. The van der Waals surface area contributed by atoms with Crippen molar-refractivity contribution in [3.63, 3.8) is 0 Å². The van der Waals surface area contributed by atoms with Gasteiger partial charge in [-0.05, 0) is 42.8 Å². The van der Waals surface area contributed by atoms with Gasteiger partial charge in [0.15, 0.2) is 0 Å². The maximum atomic E-state index is 11.1. The van der Waals surface area contributed by atoms with E-state index in [0.717, 1.165) is 22.6 Å². The van der Waals surface area contributed by atoms with Crippen molar-refractivity contribution in [3.8, 4) is 11.3 Å². The molecule has 0 atom stereocenters. The Morgan fingerprint density at radius 1 is 1.11 bits per heavy atom. The predicted molar refractivity (Wildman–Crippen MR) is 109 cm³/mol. The average Bonchev–Trinajstić information content (AvgIpc) is 2.70. The van der Waals surface area contributed by atoms with Gasteiger partial charge in [-0.3, -0.25) is 9.78 Å². The number of anilines is 4. The van der Waals surface area contributed by atoms with Crippen LogP contribution in [0, 0.1) is 0 Å². The molecule has 0 radical (unpaired) electrons. The number of nitrogens with zero attached hydrogens (tertiary/aromatic N) is 3. The van der Waals surface area contributed by atoms with Gasteiger partial charge in [0.25, 0.3) is 0 Å². The molecular weight excluding hydrogens is 356 g/mol. The van der Waals surface area contributed by atoms with Crippen molar-refractivity contribution in [2.75, 3.05) is 29.1 Å². The van der Waals surface area contributed by atoms with E-state index in [-0.39, 0.29) is 12.5 Å². The number of carbonyl (C=O) groups excluding carboxylic acids is 1. The number of amides is 1. The van der Waals surface area contributed by atoms with Crippen molar-refractivity contribution in [1.29, 1.82) is 0 Å². The topological polar surface area (TPSA) is 112 Å². The summed E-state index contributed by atoms with van der Waals surface area (Å²) >= 11 is 0. The van der Waals surface area contributed by atoms with Crippen LogP contribution in [0.15, 0.2) is 54.9 Å². The molecule has 144 valence electrons. The van der Waals surface area contributed by atoms with Crippen LogP contribution < -0.4 is 16.0 Å². The highest BCUT2D eigenvalue weighted by atomic mass is 16.3. The fourth-order valence-corrected chi connectivity index (χ4v) is 2.52. The van der Waals surface area contributed by atoms with Crippen LogP contribution in [-0.2, 0) is 4.79 Å². The van der Waals surface area contributed by atoms with E-state index in [2.05, 4.69) is 30.9 Å². The lowest BCUT2D eigenvalue weighted by Crippen LogP contribution is -2.09. The molecule has 0 aliphatic carbocycles. The quantitative estimate of drug-likeness (QED) is 0.446. The summed E-state index contributed by atoms with van der Waals surface area (Å²) in [6.45, 7) is 2.14. The van der Waals surface area contributed by atoms with Crippen molar-refractivity contribution in [2.45, 2.75) is 13.3 Å². The van der Waals surface area contributed by atoms with E-state index in [1.807, 2.05) is 42.5 Å². The minimum absolute atomic E-state index is 0.0983. The van der Waals surface area contributed by atoms with Crippen LogP contribution in [0.4, 0.5) is 23.1 Å². The smallest absolute Gasteiger partial charge is 0.225 e. The van der Waals surface area contributed by atoms with Crippen molar-refractivity contribution in [2.24, 2.45) is 0 Å². The zero-order valence-corrected chi connectivity index (χ0v) is 15.5. The molecule has 2 heterocycles. The number of aromatic nitrogens is 3. The molecule has 28 heavy (non-hydrogen) atoms. The average molecular weight is 378 g/mol. The number of rotatable bonds is 8. The molecule has 0 unspecified atom stereocenters. The molecule has 8 heteroatoms. The molecule has 8 nitrogen and oxygen atoms in total. The second-order valence-electron chi connectivity index (χ2n) is 6.09. The van der Waals surface area contributed by atoms with Gasteiger partial charge in [-0.25, -0.2) is 4.98 Å². The van der Waals surface area contributed by atoms with Crippen LogP contribution in [0.1, 0.15) is 13.3 Å². The van der Waals surface area contributed by atoms with Gasteiger partial charge < -0.3 is 21.1 Å². The van der Waals surface area contributed by atoms with Gasteiger partial charge in [-0.2, -0.15) is 4.98 Å². The number of carbonyl (C=O) groups is 1. The Hall–Kier alpha value is -3.52. The molecule has 2 aromatic heterocycles. The summed E-state index contributed by atoms with van der Waals surface area (Å²) in [4.78, 5) is 24.3. The van der Waals surface area contributed by atoms with Crippen LogP contribution in [0.2, 0.25) is 0 Å². The summed E-state index contributed by atoms with van der Waals surface area (Å²) in [5.41, 5.74) is 3.15. The van der Waals surface area contributed by atoms with E-state index in [9.17, 15) is 4.79 Å². The first-order valence-corrected chi connectivity index (χ1v) is 8.93. The first-order valence-electron chi connectivity index (χ1n) is 8.93. The molecule has 0 spiro atoms. The second kappa shape index (κ2) is 9.43. The monoisotopic (exact) mass is 378 g/mol. The van der Waals surface area contributed by atoms with Gasteiger partial charge in [0.2, 0.25) is 11.9 Å². The van der Waals surface area contributed by atoms with Crippen molar-refractivity contribution < 1.29 is 9.90 Å². The first-order chi connectivity index (χ1) is 13.6. The van der Waals surface area contributed by atoms with Gasteiger partial charge >= 0.3 is 0 Å². The van der Waals surface area contributed by atoms with E-state index in [1.54, 1.807) is 12.4 Å². The zero-order chi connectivity index (χ0) is 19.8. The zero-order valence-electron chi connectivity index (χ0n) is 15.5. The van der Waals surface area contributed by atoms with Crippen molar-refractivity contribution in [3.05, 3.63) is 54.9 Å². The molecule has 0 saturated heterocycles. The standard InChI is InChI=1S/C20H22N6O2/c1-14(28)23-16-5-7-17(8-6-16)24-19-12-18(15-4-2-9-21-13-15)25-20(26-19)22-10-3-11-27/h2,4-9,12-13,27H,3,10-11H2,1H3,(H,23,28)(H2,22,24,25,26). The van der Waals surface area contributed by atoms with Crippen LogP contribution in [0.5, 0.6) is 0 Å². The molecule has 4 N–H and O–H groups in total. The summed E-state index contributed by atoms with van der Waals surface area (Å²) in [5.74, 6) is 0.969. The molecule has 0 bridgehead atoms. The Balaban J connectivity index is 1.84. The fourth-order valence-electron chi connectivity index (χ4n) is 2.52. The molecule has 1 aromatic carbocycles. The molecule has 1 amide bonds. The van der Waals surface area contributed by atoms with E-state index in [1.165, 1.54) is 6.92 Å². The van der Waals surface area contributed by atoms with Gasteiger partial charge in [0.1, 0.15) is 5.82 Å². The summed E-state index contributed by atoms with van der Waals surface area (Å²) in [6.07, 6.45) is 4.06. The highest BCUT2D eigenvalue weighted by Crippen LogP contribution is 2.24. The second-order valence-corrected chi connectivity index (χ2v) is 6.09. The molecule has 0 saturated carbocycles. The molecule has 3 aromatic rings. The Morgan fingerprint density at radius 3 is 2.57 bits per heavy atom. The van der Waals surface area contributed by atoms with Gasteiger partial charge in [0.05, 0.1) is 5.69 Å². The lowest BCUT2D eigenvalue weighted by Gasteiger charge is -2.12. The van der Waals surface area contributed by atoms with Crippen molar-refractivity contribution >= 4 is 29.0 Å². The highest BCUT2D eigenvalue weighted by Gasteiger charge is 2.08. The Morgan fingerprint density at radius 2 is 1.89 bits per heavy atom. The summed E-state index contributed by atoms with van der Waals surface area (Å²) in [6, 6.07) is 13.0. The maximum Gasteiger partial charge on any atom is 0.225 e. The minimum atomic E-state index is -0.115. The number of aliphatic hydroxyl groups excluding tert-OH is 1. The van der Waals surface area contributed by atoms with Gasteiger partial charge in [-0.15, -0.1) is 0 Å². The van der Waals surface area contributed by atoms with Gasteiger partial charge in [0, 0.05) is 55.5 Å². The normalized spacial score (nSPS) is 10.4. The first kappa shape index (κ1) is 19.2. The molecule has 0 aliphatic heterocycles. The lowest BCUT2D eigenvalue weighted by atomic mass is 10.2. The third-order valence-electron chi connectivity index (χ3n) is 3.78. The van der Waals surface area contributed by atoms with Crippen LogP contribution >= 0.6 is 0 Å². The lowest BCUT2D eigenvalue weighted by molar-refractivity contribution is -0.114. The van der Waals surface area contributed by atoms with Crippen LogP contribution in [-0.4, -0.2) is 39.1 Å². The number of aliphatic hydroxyl groups is 1. The predicted octanol–water partition coefficient (Wildman–Crippen LogP) is 3.03. The number of benzene rings is 1. The summed E-state index contributed by atoms with van der Waals surface area (Å²) in [7, 11) is 0.